The molecule has 0 bridgehead atoms. The molecule has 0 unspecified atom stereocenters. The number of nitrogens with two attached hydrogens (primary N) is 1. The van der Waals surface area contributed by atoms with Crippen LogP contribution in [0, 0.1) is 6.92 Å². The Morgan fingerprint density at radius 1 is 1.20 bits per heavy atom. The first-order valence-electron chi connectivity index (χ1n) is 6.82. The predicted octanol–water partition coefficient (Wildman–Crippen LogP) is 2.11. The topological polar surface area (TPSA) is 80.5 Å². The van der Waals surface area contributed by atoms with Crippen LogP contribution in [-0.4, -0.2) is 32.3 Å². The molecule has 0 spiro atoms. The molecule has 1 fully saturated rings. The first-order chi connectivity index (χ1) is 9.39. The first kappa shape index (κ1) is 15.5. The van der Waals surface area contributed by atoms with Gasteiger partial charge in [0.1, 0.15) is 0 Å². The van der Waals surface area contributed by atoms with Gasteiger partial charge in [-0.15, -0.1) is 11.3 Å². The number of carbonyl (C=O) groups is 1. The van der Waals surface area contributed by atoms with Crippen LogP contribution in [0.2, 0.25) is 0 Å². The number of likely N-dealkylation sites (tertiary alicyclic amines) is 1. The second-order valence-electron chi connectivity index (χ2n) is 5.14. The SMILES string of the molecule is Cc1sc(C(=O)N2CCCCCCC2)cc1S(N)(=O)=O. The molecule has 112 valence electrons. The minimum Gasteiger partial charge on any atom is -0.338 e. The van der Waals surface area contributed by atoms with Gasteiger partial charge >= 0.3 is 0 Å². The standard InChI is InChI=1S/C13H20N2O3S2/c1-10-12(20(14,17)18)9-11(19-10)13(16)15-7-5-3-2-4-6-8-15/h9H,2-8H2,1H3,(H2,14,17,18). The van der Waals surface area contributed by atoms with Crippen molar-refractivity contribution < 1.29 is 13.2 Å². The molecule has 1 saturated heterocycles. The molecule has 0 saturated carbocycles. The molecule has 0 aromatic carbocycles. The van der Waals surface area contributed by atoms with E-state index in [1.807, 2.05) is 4.90 Å². The molecule has 1 aliphatic heterocycles. The Balaban J connectivity index is 2.20. The Morgan fingerprint density at radius 2 is 1.75 bits per heavy atom. The smallest absolute Gasteiger partial charge is 0.263 e. The molecular weight excluding hydrogens is 296 g/mol. The van der Waals surface area contributed by atoms with E-state index in [1.54, 1.807) is 6.92 Å². The lowest BCUT2D eigenvalue weighted by Gasteiger charge is -2.24. The van der Waals surface area contributed by atoms with Crippen molar-refractivity contribution in [1.29, 1.82) is 0 Å². The van der Waals surface area contributed by atoms with Crippen molar-refractivity contribution in [3.63, 3.8) is 0 Å². The fourth-order valence-electron chi connectivity index (χ4n) is 2.46. The van der Waals surface area contributed by atoms with Crippen LogP contribution < -0.4 is 5.14 Å². The summed E-state index contributed by atoms with van der Waals surface area (Å²) in [5.41, 5.74) is 0. The van der Waals surface area contributed by atoms with Crippen LogP contribution in [-0.2, 0) is 10.0 Å². The summed E-state index contributed by atoms with van der Waals surface area (Å²) in [6.45, 7) is 3.18. The summed E-state index contributed by atoms with van der Waals surface area (Å²) in [5.74, 6) is -0.0742. The average molecular weight is 316 g/mol. The van der Waals surface area contributed by atoms with Gasteiger partial charge in [-0.25, -0.2) is 13.6 Å². The summed E-state index contributed by atoms with van der Waals surface area (Å²) < 4.78 is 22.9. The van der Waals surface area contributed by atoms with E-state index in [4.69, 9.17) is 5.14 Å². The van der Waals surface area contributed by atoms with E-state index in [-0.39, 0.29) is 10.8 Å². The summed E-state index contributed by atoms with van der Waals surface area (Å²) in [7, 11) is -3.75. The van der Waals surface area contributed by atoms with Gasteiger partial charge in [0.05, 0.1) is 9.77 Å². The molecule has 2 rings (SSSR count). The van der Waals surface area contributed by atoms with Crippen molar-refractivity contribution in [2.45, 2.75) is 43.9 Å². The van der Waals surface area contributed by atoms with Gasteiger partial charge in [0.25, 0.3) is 5.91 Å². The van der Waals surface area contributed by atoms with E-state index in [9.17, 15) is 13.2 Å². The molecule has 1 aromatic heterocycles. The number of hydrogen-bond donors (Lipinski definition) is 1. The monoisotopic (exact) mass is 316 g/mol. The van der Waals surface area contributed by atoms with E-state index in [1.165, 1.54) is 23.8 Å². The number of nitrogens with zero attached hydrogens (tertiary/aromatic N) is 1. The molecule has 1 aromatic rings. The highest BCUT2D eigenvalue weighted by molar-refractivity contribution is 7.89. The summed E-state index contributed by atoms with van der Waals surface area (Å²) in [5, 5.41) is 5.15. The third kappa shape index (κ3) is 3.59. The van der Waals surface area contributed by atoms with Crippen LogP contribution in [0.15, 0.2) is 11.0 Å². The van der Waals surface area contributed by atoms with Crippen LogP contribution in [0.25, 0.3) is 0 Å². The summed E-state index contributed by atoms with van der Waals surface area (Å²) >= 11 is 1.20. The van der Waals surface area contributed by atoms with E-state index in [2.05, 4.69) is 0 Å². The number of amides is 1. The fourth-order valence-corrected chi connectivity index (χ4v) is 4.57. The average Bonchev–Trinajstić information content (AvgIpc) is 2.70. The van der Waals surface area contributed by atoms with Gasteiger partial charge in [-0.3, -0.25) is 4.79 Å². The minimum atomic E-state index is -3.75. The van der Waals surface area contributed by atoms with E-state index < -0.39 is 10.0 Å². The lowest BCUT2D eigenvalue weighted by atomic mass is 10.1. The van der Waals surface area contributed by atoms with Crippen LogP contribution in [0.4, 0.5) is 0 Å². The fraction of sp³-hybridized carbons (Fsp3) is 0.615. The lowest BCUT2D eigenvalue weighted by molar-refractivity contribution is 0.0747. The van der Waals surface area contributed by atoms with Gasteiger partial charge in [-0.2, -0.15) is 0 Å². The van der Waals surface area contributed by atoms with Crippen LogP contribution in [0.5, 0.6) is 0 Å². The number of hydrogen-bond acceptors (Lipinski definition) is 4. The highest BCUT2D eigenvalue weighted by atomic mass is 32.2. The quantitative estimate of drug-likeness (QED) is 0.907. The largest absolute Gasteiger partial charge is 0.338 e. The zero-order chi connectivity index (χ0) is 14.8. The van der Waals surface area contributed by atoms with Crippen molar-refractivity contribution in [2.75, 3.05) is 13.1 Å². The number of rotatable bonds is 2. The Morgan fingerprint density at radius 3 is 2.25 bits per heavy atom. The number of sulfonamides is 1. The van der Waals surface area contributed by atoms with Crippen molar-refractivity contribution >= 4 is 27.3 Å². The first-order valence-corrected chi connectivity index (χ1v) is 9.18. The number of primary sulfonamides is 1. The maximum Gasteiger partial charge on any atom is 0.263 e. The second-order valence-corrected chi connectivity index (χ2v) is 7.92. The Bertz CT molecular complexity index is 585. The zero-order valence-corrected chi connectivity index (χ0v) is 13.2. The Kier molecular flexibility index (Phi) is 4.82. The molecule has 1 amide bonds. The third-order valence-corrected chi connectivity index (χ3v) is 5.74. The third-order valence-electron chi connectivity index (χ3n) is 3.53. The molecule has 7 heteroatoms. The summed E-state index contributed by atoms with van der Waals surface area (Å²) in [4.78, 5) is 15.4. The van der Waals surface area contributed by atoms with E-state index >= 15 is 0 Å². The van der Waals surface area contributed by atoms with Gasteiger partial charge in [0.15, 0.2) is 0 Å². The summed E-state index contributed by atoms with van der Waals surface area (Å²) in [6, 6.07) is 1.41. The minimum absolute atomic E-state index is 0.0675. The lowest BCUT2D eigenvalue weighted by Crippen LogP contribution is -2.33. The molecule has 0 aliphatic carbocycles. The molecule has 0 radical (unpaired) electrons. The maximum absolute atomic E-state index is 12.5. The normalized spacial score (nSPS) is 17.6. The van der Waals surface area contributed by atoms with Crippen LogP contribution in [0.3, 0.4) is 0 Å². The second kappa shape index (κ2) is 6.24. The van der Waals surface area contributed by atoms with E-state index in [0.29, 0.717) is 9.75 Å². The van der Waals surface area contributed by atoms with Crippen molar-refractivity contribution in [3.05, 3.63) is 15.8 Å². The number of aryl methyl sites for hydroxylation is 1. The van der Waals surface area contributed by atoms with Gasteiger partial charge in [0.2, 0.25) is 10.0 Å². The van der Waals surface area contributed by atoms with Crippen molar-refractivity contribution in [3.8, 4) is 0 Å². The Labute approximate surface area is 123 Å². The zero-order valence-electron chi connectivity index (χ0n) is 11.6. The van der Waals surface area contributed by atoms with Crippen molar-refractivity contribution in [1.82, 2.24) is 4.90 Å². The predicted molar refractivity (Wildman–Crippen MR) is 79.4 cm³/mol. The molecular formula is C13H20N2O3S2. The van der Waals surface area contributed by atoms with Crippen LogP contribution in [0.1, 0.15) is 46.7 Å². The van der Waals surface area contributed by atoms with Gasteiger partial charge in [0, 0.05) is 18.0 Å². The van der Waals surface area contributed by atoms with Gasteiger partial charge in [-0.05, 0) is 25.8 Å². The van der Waals surface area contributed by atoms with Gasteiger partial charge in [-0.1, -0.05) is 19.3 Å². The molecule has 1 aliphatic rings. The van der Waals surface area contributed by atoms with Crippen LogP contribution >= 0.6 is 11.3 Å². The molecule has 20 heavy (non-hydrogen) atoms. The highest BCUT2D eigenvalue weighted by Gasteiger charge is 2.23. The van der Waals surface area contributed by atoms with Gasteiger partial charge < -0.3 is 4.90 Å². The molecule has 5 nitrogen and oxygen atoms in total. The molecule has 2 heterocycles. The van der Waals surface area contributed by atoms with Crippen molar-refractivity contribution in [2.24, 2.45) is 5.14 Å². The maximum atomic E-state index is 12.5. The van der Waals surface area contributed by atoms with E-state index in [0.717, 1.165) is 38.8 Å². The molecule has 0 atom stereocenters. The number of thiophene rings is 1. The Hall–Kier alpha value is -0.920. The molecule has 2 N–H and O–H groups in total. The highest BCUT2D eigenvalue weighted by Crippen LogP contribution is 2.26. The summed E-state index contributed by atoms with van der Waals surface area (Å²) in [6.07, 6.45) is 5.55. The number of carbonyl (C=O) groups excluding carboxylic acids is 1.